The molecule has 158 valence electrons. The number of methoxy groups -OCH3 is 2. The lowest BCUT2D eigenvalue weighted by atomic mass is 10.1. The molecule has 0 aliphatic carbocycles. The molecule has 2 aromatic carbocycles. The minimum Gasteiger partial charge on any atom is -0.497 e. The van der Waals surface area contributed by atoms with Crippen LogP contribution in [0.5, 0.6) is 11.5 Å². The van der Waals surface area contributed by atoms with Crippen molar-refractivity contribution in [1.82, 2.24) is 9.80 Å². The van der Waals surface area contributed by atoms with Crippen molar-refractivity contribution >= 4 is 0 Å². The number of aliphatic hydroxyl groups is 1. The van der Waals surface area contributed by atoms with Gasteiger partial charge in [0.2, 0.25) is 0 Å². The molecule has 0 saturated carbocycles. The van der Waals surface area contributed by atoms with E-state index in [9.17, 15) is 13.9 Å². The molecule has 0 bridgehead atoms. The molecule has 1 atom stereocenters. The van der Waals surface area contributed by atoms with Crippen LogP contribution in [0.3, 0.4) is 0 Å². The zero-order valence-corrected chi connectivity index (χ0v) is 16.9. The van der Waals surface area contributed by atoms with Gasteiger partial charge >= 0.3 is 0 Å². The third kappa shape index (κ3) is 5.65. The first-order valence-electron chi connectivity index (χ1n) is 9.75. The van der Waals surface area contributed by atoms with Crippen LogP contribution in [0, 0.1) is 11.6 Å². The van der Waals surface area contributed by atoms with Crippen molar-refractivity contribution in [2.75, 3.05) is 40.5 Å². The van der Waals surface area contributed by atoms with E-state index in [1.165, 1.54) is 12.1 Å². The van der Waals surface area contributed by atoms with Crippen LogP contribution in [0.25, 0.3) is 0 Å². The van der Waals surface area contributed by atoms with Crippen LogP contribution in [-0.2, 0) is 13.1 Å². The van der Waals surface area contributed by atoms with Crippen LogP contribution in [0.4, 0.5) is 8.78 Å². The molecule has 1 heterocycles. The molecule has 0 amide bonds. The van der Waals surface area contributed by atoms with Gasteiger partial charge in [-0.25, -0.2) is 8.78 Å². The Kier molecular flexibility index (Phi) is 7.41. The number of hydrogen-bond donors (Lipinski definition) is 1. The molecule has 5 nitrogen and oxygen atoms in total. The molecular formula is C22H28F2N2O3. The molecule has 2 aromatic rings. The summed E-state index contributed by atoms with van der Waals surface area (Å²) in [5, 5.41) is 9.53. The number of nitrogens with zero attached hydrogens (tertiary/aromatic N) is 2. The second-order valence-electron chi connectivity index (χ2n) is 7.33. The Hall–Kier alpha value is -2.22. The van der Waals surface area contributed by atoms with Crippen LogP contribution in [0.1, 0.15) is 17.5 Å². The Morgan fingerprint density at radius 3 is 2.38 bits per heavy atom. The van der Waals surface area contributed by atoms with Gasteiger partial charge in [-0.15, -0.1) is 0 Å². The number of ether oxygens (including phenoxy) is 2. The van der Waals surface area contributed by atoms with Crippen molar-refractivity contribution in [2.24, 2.45) is 0 Å². The van der Waals surface area contributed by atoms with Gasteiger partial charge in [0.05, 0.1) is 14.2 Å². The SMILES string of the molecule is COc1cc(CN2CCN(Cc3cc(F)ccc3F)C[C@@H]2CCO)cc(OC)c1. The highest BCUT2D eigenvalue weighted by atomic mass is 19.1. The number of hydrogen-bond acceptors (Lipinski definition) is 5. The van der Waals surface area contributed by atoms with Crippen molar-refractivity contribution in [2.45, 2.75) is 25.6 Å². The average molecular weight is 406 g/mol. The highest BCUT2D eigenvalue weighted by Crippen LogP contribution is 2.25. The van der Waals surface area contributed by atoms with E-state index < -0.39 is 11.6 Å². The number of piperazine rings is 1. The number of aliphatic hydroxyl groups excluding tert-OH is 1. The van der Waals surface area contributed by atoms with Crippen molar-refractivity contribution in [3.8, 4) is 11.5 Å². The lowest BCUT2D eigenvalue weighted by Crippen LogP contribution is -2.52. The molecule has 1 saturated heterocycles. The molecule has 3 rings (SSSR count). The first-order chi connectivity index (χ1) is 14.0. The number of halogens is 2. The minimum absolute atomic E-state index is 0.0742. The predicted octanol–water partition coefficient (Wildman–Crippen LogP) is 3.05. The van der Waals surface area contributed by atoms with Crippen LogP contribution in [0.15, 0.2) is 36.4 Å². The normalized spacial score (nSPS) is 18.0. The first-order valence-corrected chi connectivity index (χ1v) is 9.75. The Balaban J connectivity index is 1.70. The third-order valence-electron chi connectivity index (χ3n) is 5.35. The van der Waals surface area contributed by atoms with Crippen LogP contribution in [-0.4, -0.2) is 61.4 Å². The van der Waals surface area contributed by atoms with E-state index in [0.29, 0.717) is 31.6 Å². The summed E-state index contributed by atoms with van der Waals surface area (Å²) in [6, 6.07) is 9.46. The molecular weight excluding hydrogens is 378 g/mol. The number of rotatable bonds is 8. The maximum Gasteiger partial charge on any atom is 0.127 e. The summed E-state index contributed by atoms with van der Waals surface area (Å²) in [5.74, 6) is 0.645. The van der Waals surface area contributed by atoms with Gasteiger partial charge in [0, 0.05) is 57.0 Å². The quantitative estimate of drug-likeness (QED) is 0.730. The van der Waals surface area contributed by atoms with Crippen molar-refractivity contribution in [1.29, 1.82) is 0 Å². The molecule has 1 aliphatic heterocycles. The van der Waals surface area contributed by atoms with E-state index in [4.69, 9.17) is 9.47 Å². The van der Waals surface area contributed by atoms with Gasteiger partial charge in [0.15, 0.2) is 0 Å². The standard InChI is InChI=1S/C22H28F2N2O3/c1-28-20-9-16(10-21(12-20)29-2)13-26-7-6-25(15-19(26)5-8-27)14-17-11-18(23)3-4-22(17)24/h3-4,9-12,19,27H,5-8,13-15H2,1-2H3/t19-/m0/s1. The maximum atomic E-state index is 14.0. The fraction of sp³-hybridized carbons (Fsp3) is 0.455. The predicted molar refractivity (Wildman–Crippen MR) is 107 cm³/mol. The van der Waals surface area contributed by atoms with E-state index >= 15 is 0 Å². The molecule has 1 fully saturated rings. The van der Waals surface area contributed by atoms with Crippen molar-refractivity contribution in [3.05, 3.63) is 59.2 Å². The molecule has 1 aliphatic rings. The Bertz CT molecular complexity index is 796. The van der Waals surface area contributed by atoms with E-state index in [1.807, 2.05) is 18.2 Å². The molecule has 1 N–H and O–H groups in total. The van der Waals surface area contributed by atoms with E-state index in [2.05, 4.69) is 9.80 Å². The fourth-order valence-corrected chi connectivity index (χ4v) is 3.83. The van der Waals surface area contributed by atoms with Gasteiger partial charge < -0.3 is 14.6 Å². The van der Waals surface area contributed by atoms with Crippen molar-refractivity contribution < 1.29 is 23.4 Å². The van der Waals surface area contributed by atoms with Crippen LogP contribution < -0.4 is 9.47 Å². The highest BCUT2D eigenvalue weighted by molar-refractivity contribution is 5.38. The van der Waals surface area contributed by atoms with Crippen LogP contribution in [0.2, 0.25) is 0 Å². The maximum absolute atomic E-state index is 14.0. The zero-order valence-electron chi connectivity index (χ0n) is 16.9. The lowest BCUT2D eigenvalue weighted by Gasteiger charge is -2.41. The van der Waals surface area contributed by atoms with Gasteiger partial charge in [-0.2, -0.15) is 0 Å². The Morgan fingerprint density at radius 1 is 1.00 bits per heavy atom. The smallest absolute Gasteiger partial charge is 0.127 e. The molecule has 0 radical (unpaired) electrons. The molecule has 29 heavy (non-hydrogen) atoms. The summed E-state index contributed by atoms with van der Waals surface area (Å²) in [4.78, 5) is 4.42. The lowest BCUT2D eigenvalue weighted by molar-refractivity contribution is 0.0493. The first kappa shape index (κ1) is 21.5. The summed E-state index contributed by atoms with van der Waals surface area (Å²) >= 11 is 0. The summed E-state index contributed by atoms with van der Waals surface area (Å²) in [6.45, 7) is 3.30. The second kappa shape index (κ2) is 10.0. The monoisotopic (exact) mass is 406 g/mol. The minimum atomic E-state index is -0.432. The van der Waals surface area contributed by atoms with Gasteiger partial charge in [-0.05, 0) is 42.3 Å². The summed E-state index contributed by atoms with van der Waals surface area (Å²) in [7, 11) is 3.24. The van der Waals surface area contributed by atoms with Gasteiger partial charge in [-0.1, -0.05) is 0 Å². The van der Waals surface area contributed by atoms with Gasteiger partial charge in [0.25, 0.3) is 0 Å². The summed E-state index contributed by atoms with van der Waals surface area (Å²) in [6.07, 6.45) is 0.614. The van der Waals surface area contributed by atoms with Crippen molar-refractivity contribution in [3.63, 3.8) is 0 Å². The van der Waals surface area contributed by atoms with E-state index in [0.717, 1.165) is 36.2 Å². The molecule has 0 unspecified atom stereocenters. The zero-order chi connectivity index (χ0) is 20.8. The van der Waals surface area contributed by atoms with E-state index in [1.54, 1.807) is 14.2 Å². The summed E-state index contributed by atoms with van der Waals surface area (Å²) in [5.41, 5.74) is 1.42. The molecule has 0 aromatic heterocycles. The molecule has 7 heteroatoms. The van der Waals surface area contributed by atoms with E-state index in [-0.39, 0.29) is 12.6 Å². The Labute approximate surface area is 170 Å². The van der Waals surface area contributed by atoms with Gasteiger partial charge in [-0.3, -0.25) is 9.80 Å². The second-order valence-corrected chi connectivity index (χ2v) is 7.33. The average Bonchev–Trinajstić information content (AvgIpc) is 2.72. The largest absolute Gasteiger partial charge is 0.497 e. The van der Waals surface area contributed by atoms with Crippen LogP contribution >= 0.6 is 0 Å². The Morgan fingerprint density at radius 2 is 1.72 bits per heavy atom. The molecule has 0 spiro atoms. The third-order valence-corrected chi connectivity index (χ3v) is 5.35. The van der Waals surface area contributed by atoms with Gasteiger partial charge in [0.1, 0.15) is 23.1 Å². The topological polar surface area (TPSA) is 45.2 Å². The summed E-state index contributed by atoms with van der Waals surface area (Å²) < 4.78 is 38.2. The fourth-order valence-electron chi connectivity index (χ4n) is 3.83. The highest BCUT2D eigenvalue weighted by Gasteiger charge is 2.27. The number of benzene rings is 2.